The molecule has 4 aromatic rings. The first-order valence-electron chi connectivity index (χ1n) is 14.0. The Bertz CT molecular complexity index is 1560. The zero-order chi connectivity index (χ0) is 28.3. The van der Waals surface area contributed by atoms with E-state index in [0.29, 0.717) is 45.0 Å². The molecule has 2 heterocycles. The molecule has 1 aliphatic carbocycles. The number of hydrogen-bond donors (Lipinski definition) is 0. The topological polar surface area (TPSA) is 70.2 Å². The van der Waals surface area contributed by atoms with Crippen LogP contribution in [0.15, 0.2) is 79.1 Å². The Morgan fingerprint density at radius 3 is 2.66 bits per heavy atom. The van der Waals surface area contributed by atoms with Crippen LogP contribution < -0.4 is 4.74 Å². The fraction of sp³-hybridized carbons (Fsp3) is 0.364. The number of fused-ring (bicyclic) bond motifs is 1. The van der Waals surface area contributed by atoms with E-state index in [0.717, 1.165) is 47.2 Å². The Hall–Kier alpha value is -4.35. The number of aromatic nitrogens is 2. The van der Waals surface area contributed by atoms with Crippen molar-refractivity contribution >= 4 is 22.8 Å². The van der Waals surface area contributed by atoms with Gasteiger partial charge in [0.05, 0.1) is 50.8 Å². The first kappa shape index (κ1) is 26.9. The molecule has 1 aromatic heterocycles. The summed E-state index contributed by atoms with van der Waals surface area (Å²) in [5, 5.41) is 0. The van der Waals surface area contributed by atoms with Crippen LogP contribution in [0.25, 0.3) is 15.9 Å². The Labute approximate surface area is 240 Å². The van der Waals surface area contributed by atoms with Gasteiger partial charge in [0, 0.05) is 18.5 Å². The highest BCUT2D eigenvalue weighted by molar-refractivity contribution is 5.79. The van der Waals surface area contributed by atoms with Crippen molar-refractivity contribution in [1.82, 2.24) is 14.5 Å². The number of nitrogens with zero attached hydrogens (tertiary/aromatic N) is 4. The fourth-order valence-corrected chi connectivity index (χ4v) is 6.50. The average Bonchev–Trinajstić information content (AvgIpc) is 3.52. The molecule has 6 rings (SSSR count). The van der Waals surface area contributed by atoms with Crippen LogP contribution in [0.4, 0.5) is 10.5 Å². The lowest BCUT2D eigenvalue weighted by Crippen LogP contribution is -2.48. The summed E-state index contributed by atoms with van der Waals surface area (Å²) >= 11 is 0. The van der Waals surface area contributed by atoms with Crippen molar-refractivity contribution in [3.05, 3.63) is 102 Å². The highest BCUT2D eigenvalue weighted by Crippen LogP contribution is 2.48. The molecule has 0 radical (unpaired) electrons. The van der Waals surface area contributed by atoms with Crippen molar-refractivity contribution in [1.29, 1.82) is 0 Å². The smallest absolute Gasteiger partial charge is 0.410 e. The van der Waals surface area contributed by atoms with Gasteiger partial charge in [0.1, 0.15) is 11.4 Å². The number of imidazole rings is 1. The summed E-state index contributed by atoms with van der Waals surface area (Å²) in [6.07, 6.45) is 4.98. The van der Waals surface area contributed by atoms with Gasteiger partial charge in [-0.05, 0) is 61.1 Å². The van der Waals surface area contributed by atoms with Crippen molar-refractivity contribution in [2.75, 3.05) is 20.3 Å². The molecule has 3 aromatic carbocycles. The van der Waals surface area contributed by atoms with Crippen LogP contribution in [-0.4, -0.2) is 46.4 Å². The number of carbonyl (C=O) groups is 1. The number of benzene rings is 3. The molecule has 1 saturated carbocycles. The number of ether oxygens (including phenoxy) is 3. The van der Waals surface area contributed by atoms with Crippen LogP contribution in [0.3, 0.4) is 0 Å². The van der Waals surface area contributed by atoms with Gasteiger partial charge in [-0.15, -0.1) is 0 Å². The molecule has 210 valence electrons. The van der Waals surface area contributed by atoms with E-state index >= 15 is 0 Å². The van der Waals surface area contributed by atoms with Gasteiger partial charge in [-0.25, -0.2) is 14.6 Å². The molecule has 41 heavy (non-hydrogen) atoms. The van der Waals surface area contributed by atoms with Crippen LogP contribution in [0.2, 0.25) is 0 Å². The fourth-order valence-electron chi connectivity index (χ4n) is 6.50. The van der Waals surface area contributed by atoms with Gasteiger partial charge < -0.3 is 18.8 Å². The minimum Gasteiger partial charge on any atom is -0.497 e. The summed E-state index contributed by atoms with van der Waals surface area (Å²) < 4.78 is 20.0. The molecule has 2 atom stereocenters. The minimum atomic E-state index is -0.573. The first-order chi connectivity index (χ1) is 20.0. The molecular formula is C33H34N4O4. The van der Waals surface area contributed by atoms with Crippen molar-refractivity contribution in [3.63, 3.8) is 0 Å². The number of rotatable bonds is 9. The molecule has 1 unspecified atom stereocenters. The predicted molar refractivity (Wildman–Crippen MR) is 156 cm³/mol. The van der Waals surface area contributed by atoms with E-state index in [9.17, 15) is 4.79 Å². The Morgan fingerprint density at radius 2 is 1.88 bits per heavy atom. The molecule has 2 fully saturated rings. The molecule has 2 aliphatic rings. The average molecular weight is 551 g/mol. The van der Waals surface area contributed by atoms with Crippen molar-refractivity contribution in [3.8, 4) is 5.75 Å². The monoisotopic (exact) mass is 550 g/mol. The second kappa shape index (κ2) is 11.3. The summed E-state index contributed by atoms with van der Waals surface area (Å²) in [7, 11) is 1.64. The SMILES string of the molecule is [C-]#[N+]c1ccc2ncn(C[C@@]3(COCc4ccccc4)CCCC4(CN(Cc5ccc(OC)cc5)C(=O)O4)C3)c2c1. The first-order valence-corrected chi connectivity index (χ1v) is 14.0. The second-order valence-electron chi connectivity index (χ2n) is 11.4. The summed E-state index contributed by atoms with van der Waals surface area (Å²) in [5.74, 6) is 0.789. The maximum atomic E-state index is 13.2. The molecule has 0 bridgehead atoms. The van der Waals surface area contributed by atoms with E-state index < -0.39 is 5.60 Å². The van der Waals surface area contributed by atoms with Crippen LogP contribution in [0.5, 0.6) is 5.75 Å². The van der Waals surface area contributed by atoms with Gasteiger partial charge in [0.25, 0.3) is 0 Å². The van der Waals surface area contributed by atoms with Gasteiger partial charge >= 0.3 is 6.09 Å². The third kappa shape index (κ3) is 5.77. The molecule has 0 N–H and O–H groups in total. The maximum Gasteiger partial charge on any atom is 0.410 e. The summed E-state index contributed by atoms with van der Waals surface area (Å²) in [5.41, 5.74) is 3.70. The summed E-state index contributed by atoms with van der Waals surface area (Å²) in [4.78, 5) is 23.2. The molecule has 8 heteroatoms. The standard InChI is InChI=1S/C33H34N4O4/c1-34-27-11-14-29-30(17-27)37(24-35-29)21-32(23-40-19-26-7-4-3-5-8-26)15-6-16-33(20-32)22-36(31(38)41-33)18-25-9-12-28(39-2)13-10-25/h3-5,7-14,17,24H,6,15-16,18-23H2,2H3/t32-,33?/m1/s1. The molecule has 1 aliphatic heterocycles. The summed E-state index contributed by atoms with van der Waals surface area (Å²) in [6.45, 7) is 10.2. The Morgan fingerprint density at radius 1 is 1.05 bits per heavy atom. The predicted octanol–water partition coefficient (Wildman–Crippen LogP) is 6.76. The van der Waals surface area contributed by atoms with Crippen LogP contribution in [0.1, 0.15) is 36.8 Å². The van der Waals surface area contributed by atoms with Gasteiger partial charge in [-0.2, -0.15) is 0 Å². The highest BCUT2D eigenvalue weighted by Gasteiger charge is 2.53. The Kier molecular flexibility index (Phi) is 7.38. The van der Waals surface area contributed by atoms with Gasteiger partial charge in [0.2, 0.25) is 0 Å². The van der Waals surface area contributed by atoms with Gasteiger partial charge in [-0.1, -0.05) is 48.5 Å². The van der Waals surface area contributed by atoms with Crippen LogP contribution >= 0.6 is 0 Å². The van der Waals surface area contributed by atoms with Crippen molar-refractivity contribution in [2.24, 2.45) is 5.41 Å². The normalized spacial score (nSPS) is 22.1. The highest BCUT2D eigenvalue weighted by atomic mass is 16.6. The molecule has 1 spiro atoms. The second-order valence-corrected chi connectivity index (χ2v) is 11.4. The number of hydrogen-bond acceptors (Lipinski definition) is 5. The maximum absolute atomic E-state index is 13.2. The molecular weight excluding hydrogens is 516 g/mol. The van der Waals surface area contributed by atoms with Crippen molar-refractivity contribution < 1.29 is 19.0 Å². The molecule has 1 saturated heterocycles. The van der Waals surface area contributed by atoms with E-state index in [1.54, 1.807) is 13.2 Å². The van der Waals surface area contributed by atoms with Crippen LogP contribution in [0, 0.1) is 12.0 Å². The third-order valence-corrected chi connectivity index (χ3v) is 8.37. The van der Waals surface area contributed by atoms with E-state index in [-0.39, 0.29) is 11.5 Å². The lowest BCUT2D eigenvalue weighted by molar-refractivity contribution is -0.0733. The molecule has 1 amide bonds. The lowest BCUT2D eigenvalue weighted by atomic mass is 9.67. The number of carbonyl (C=O) groups excluding carboxylic acids is 1. The third-order valence-electron chi connectivity index (χ3n) is 8.37. The Balaban J connectivity index is 1.25. The largest absolute Gasteiger partial charge is 0.497 e. The number of methoxy groups -OCH3 is 1. The van der Waals surface area contributed by atoms with E-state index in [4.69, 9.17) is 20.8 Å². The lowest BCUT2D eigenvalue weighted by Gasteiger charge is -2.45. The summed E-state index contributed by atoms with van der Waals surface area (Å²) in [6, 6.07) is 23.6. The van der Waals surface area contributed by atoms with E-state index in [1.165, 1.54) is 0 Å². The quantitative estimate of drug-likeness (QED) is 0.215. The van der Waals surface area contributed by atoms with Crippen LogP contribution in [-0.2, 0) is 29.2 Å². The molecule has 8 nitrogen and oxygen atoms in total. The van der Waals surface area contributed by atoms with E-state index in [2.05, 4.69) is 26.5 Å². The zero-order valence-corrected chi connectivity index (χ0v) is 23.3. The number of amides is 1. The minimum absolute atomic E-state index is 0.267. The van der Waals surface area contributed by atoms with Crippen molar-refractivity contribution in [2.45, 2.75) is 51.0 Å². The van der Waals surface area contributed by atoms with E-state index in [1.807, 2.05) is 65.8 Å². The zero-order valence-electron chi connectivity index (χ0n) is 23.3. The van der Waals surface area contributed by atoms with Gasteiger partial charge in [-0.3, -0.25) is 4.90 Å². The van der Waals surface area contributed by atoms with Gasteiger partial charge in [0.15, 0.2) is 5.69 Å².